The van der Waals surface area contributed by atoms with E-state index in [9.17, 15) is 0 Å². The summed E-state index contributed by atoms with van der Waals surface area (Å²) < 4.78 is 0. The Hall–Kier alpha value is -0.260. The summed E-state index contributed by atoms with van der Waals surface area (Å²) in [7, 11) is 0. The van der Waals surface area contributed by atoms with Gasteiger partial charge in [0.15, 0.2) is 0 Å². The highest BCUT2D eigenvalue weighted by Gasteiger charge is 2.33. The summed E-state index contributed by atoms with van der Waals surface area (Å²) in [6.07, 6.45) is 25.4. The van der Waals surface area contributed by atoms with Crippen LogP contribution in [0.3, 0.4) is 0 Å². The molecule has 0 aromatic rings. The molecule has 0 aromatic carbocycles. The molecular weight excluding hydrogens is 264 g/mol. The molecule has 1 radical (unpaired) electrons. The average molecular weight is 302 g/mol. The zero-order chi connectivity index (χ0) is 15.2. The van der Waals surface area contributed by atoms with E-state index in [1.807, 2.05) is 0 Å². The van der Waals surface area contributed by atoms with Gasteiger partial charge in [-0.05, 0) is 113 Å². The van der Waals surface area contributed by atoms with E-state index in [1.54, 1.807) is 25.7 Å². The Morgan fingerprint density at radius 1 is 0.682 bits per heavy atom. The lowest BCUT2D eigenvalue weighted by Crippen LogP contribution is -2.29. The van der Waals surface area contributed by atoms with Gasteiger partial charge in [0.05, 0.1) is 0 Å². The fraction of sp³-hybridized carbons (Fsp3) is 0.864. The maximum atomic E-state index is 3.88. The first-order valence-electron chi connectivity index (χ1n) is 10.3. The van der Waals surface area contributed by atoms with Crippen LogP contribution in [-0.2, 0) is 0 Å². The molecule has 0 amide bonds. The van der Waals surface area contributed by atoms with E-state index in [2.05, 4.69) is 19.1 Å². The minimum atomic E-state index is 1.02. The highest BCUT2D eigenvalue weighted by atomic mass is 14.4. The van der Waals surface area contributed by atoms with Crippen molar-refractivity contribution in [3.8, 4) is 0 Å². The molecule has 0 bridgehead atoms. The highest BCUT2D eigenvalue weighted by Crippen LogP contribution is 2.45. The van der Waals surface area contributed by atoms with Gasteiger partial charge in [-0.15, -0.1) is 6.58 Å². The van der Waals surface area contributed by atoms with Gasteiger partial charge < -0.3 is 0 Å². The van der Waals surface area contributed by atoms with Gasteiger partial charge in [0.2, 0.25) is 0 Å². The molecule has 0 nitrogen and oxygen atoms in total. The van der Waals surface area contributed by atoms with E-state index in [4.69, 9.17) is 0 Å². The summed E-state index contributed by atoms with van der Waals surface area (Å²) in [5.41, 5.74) is 0. The molecule has 0 heterocycles. The van der Waals surface area contributed by atoms with Crippen molar-refractivity contribution in [3.63, 3.8) is 0 Å². The van der Waals surface area contributed by atoms with Crippen molar-refractivity contribution in [2.75, 3.05) is 0 Å². The molecule has 0 unspecified atom stereocenters. The molecule has 3 rings (SSSR count). The predicted octanol–water partition coefficient (Wildman–Crippen LogP) is 6.96. The van der Waals surface area contributed by atoms with E-state index in [0.717, 1.165) is 29.6 Å². The van der Waals surface area contributed by atoms with E-state index in [0.29, 0.717) is 0 Å². The Kier molecular flexibility index (Phi) is 6.45. The Morgan fingerprint density at radius 3 is 1.64 bits per heavy atom. The zero-order valence-electron chi connectivity index (χ0n) is 14.6. The third kappa shape index (κ3) is 4.39. The second-order valence-electron chi connectivity index (χ2n) is 8.53. The third-order valence-corrected chi connectivity index (χ3v) is 7.30. The highest BCUT2D eigenvalue weighted by molar-refractivity contribution is 4.87. The topological polar surface area (TPSA) is 0 Å². The van der Waals surface area contributed by atoms with Crippen molar-refractivity contribution in [1.29, 1.82) is 0 Å². The van der Waals surface area contributed by atoms with Gasteiger partial charge in [0.25, 0.3) is 0 Å². The zero-order valence-corrected chi connectivity index (χ0v) is 14.6. The molecule has 3 aliphatic rings. The van der Waals surface area contributed by atoms with Crippen LogP contribution >= 0.6 is 0 Å². The molecular formula is C22H37. The summed E-state index contributed by atoms with van der Waals surface area (Å²) in [5.74, 6) is 5.37. The van der Waals surface area contributed by atoms with Crippen molar-refractivity contribution >= 4 is 0 Å². The molecule has 0 aliphatic heterocycles. The first-order chi connectivity index (χ1) is 10.9. The second-order valence-corrected chi connectivity index (χ2v) is 8.53. The SMILES string of the molecule is C=CCC[C@H]1CC[C@H]([C@H]2CC[C@H](C3CC[CH]CC3)CC2)CC1. The fourth-order valence-electron chi connectivity index (χ4n) is 5.81. The normalized spacial score (nSPS) is 37.8. The summed E-state index contributed by atoms with van der Waals surface area (Å²) >= 11 is 0. The minimum absolute atomic E-state index is 1.02. The summed E-state index contributed by atoms with van der Waals surface area (Å²) in [6.45, 7) is 3.88. The molecule has 0 atom stereocenters. The summed E-state index contributed by atoms with van der Waals surface area (Å²) in [6, 6.07) is 0. The molecule has 0 saturated heterocycles. The van der Waals surface area contributed by atoms with Gasteiger partial charge in [-0.2, -0.15) is 0 Å². The predicted molar refractivity (Wildman–Crippen MR) is 96.6 cm³/mol. The van der Waals surface area contributed by atoms with Crippen LogP contribution in [0.1, 0.15) is 89.9 Å². The van der Waals surface area contributed by atoms with Crippen LogP contribution in [-0.4, -0.2) is 0 Å². The molecule has 125 valence electrons. The minimum Gasteiger partial charge on any atom is -0.103 e. The number of hydrogen-bond acceptors (Lipinski definition) is 0. The van der Waals surface area contributed by atoms with Crippen molar-refractivity contribution in [2.24, 2.45) is 29.6 Å². The van der Waals surface area contributed by atoms with E-state index in [1.165, 1.54) is 64.2 Å². The van der Waals surface area contributed by atoms with Crippen LogP contribution < -0.4 is 0 Å². The Morgan fingerprint density at radius 2 is 1.14 bits per heavy atom. The van der Waals surface area contributed by atoms with Crippen molar-refractivity contribution in [3.05, 3.63) is 19.1 Å². The molecule has 22 heavy (non-hydrogen) atoms. The maximum Gasteiger partial charge on any atom is -0.0351 e. The maximum absolute atomic E-state index is 3.88. The van der Waals surface area contributed by atoms with Crippen LogP contribution in [0.2, 0.25) is 0 Å². The number of allylic oxidation sites excluding steroid dienone is 1. The largest absolute Gasteiger partial charge is 0.103 e. The molecule has 0 heteroatoms. The Labute approximate surface area is 139 Å². The first-order valence-corrected chi connectivity index (χ1v) is 10.3. The van der Waals surface area contributed by atoms with Crippen LogP contribution in [0.15, 0.2) is 12.7 Å². The van der Waals surface area contributed by atoms with Gasteiger partial charge in [-0.1, -0.05) is 18.9 Å². The van der Waals surface area contributed by atoms with Crippen LogP contribution in [0.25, 0.3) is 0 Å². The monoisotopic (exact) mass is 301 g/mol. The summed E-state index contributed by atoms with van der Waals surface area (Å²) in [5, 5.41) is 0. The number of hydrogen-bond donors (Lipinski definition) is 0. The van der Waals surface area contributed by atoms with E-state index < -0.39 is 0 Å². The molecule has 3 saturated carbocycles. The van der Waals surface area contributed by atoms with Gasteiger partial charge in [-0.25, -0.2) is 0 Å². The molecule has 3 fully saturated rings. The molecule has 0 aromatic heterocycles. The lowest BCUT2D eigenvalue weighted by Gasteiger charge is -2.40. The smallest absolute Gasteiger partial charge is 0.0351 e. The first kappa shape index (κ1) is 16.6. The summed E-state index contributed by atoms with van der Waals surface area (Å²) in [4.78, 5) is 0. The Bertz CT molecular complexity index is 309. The fourth-order valence-corrected chi connectivity index (χ4v) is 5.81. The average Bonchev–Trinajstić information content (AvgIpc) is 2.61. The molecule has 0 spiro atoms. The third-order valence-electron chi connectivity index (χ3n) is 7.30. The van der Waals surface area contributed by atoms with Crippen molar-refractivity contribution < 1.29 is 0 Å². The second kappa shape index (κ2) is 8.55. The van der Waals surface area contributed by atoms with Crippen LogP contribution in [0.4, 0.5) is 0 Å². The number of rotatable bonds is 5. The quantitative estimate of drug-likeness (QED) is 0.481. The lowest BCUT2D eigenvalue weighted by molar-refractivity contribution is 0.115. The van der Waals surface area contributed by atoms with Crippen LogP contribution in [0.5, 0.6) is 0 Å². The lowest BCUT2D eigenvalue weighted by atomic mass is 9.65. The molecule has 3 aliphatic carbocycles. The van der Waals surface area contributed by atoms with Gasteiger partial charge in [0, 0.05) is 0 Å². The van der Waals surface area contributed by atoms with Crippen molar-refractivity contribution in [2.45, 2.75) is 89.9 Å². The van der Waals surface area contributed by atoms with E-state index >= 15 is 0 Å². The Balaban J connectivity index is 1.37. The van der Waals surface area contributed by atoms with Gasteiger partial charge in [0.1, 0.15) is 0 Å². The standard InChI is InChI=1S/C22H37/c1-2-3-7-18-10-12-20(13-11-18)22-16-14-21(15-17-22)19-8-5-4-6-9-19/h2,4,18-22H,1,3,5-17H2/t18-,20-,21-,22-. The molecule has 0 N–H and O–H groups in total. The van der Waals surface area contributed by atoms with Gasteiger partial charge >= 0.3 is 0 Å². The van der Waals surface area contributed by atoms with Gasteiger partial charge in [-0.3, -0.25) is 0 Å². The van der Waals surface area contributed by atoms with Crippen LogP contribution in [0, 0.1) is 36.0 Å². The van der Waals surface area contributed by atoms with E-state index in [-0.39, 0.29) is 0 Å². The van der Waals surface area contributed by atoms with Crippen molar-refractivity contribution in [1.82, 2.24) is 0 Å².